The molecule has 0 spiro atoms. The van der Waals surface area contributed by atoms with Crippen molar-refractivity contribution in [2.24, 2.45) is 0 Å². The summed E-state index contributed by atoms with van der Waals surface area (Å²) in [7, 11) is -3.83. The Hall–Kier alpha value is -1.60. The average molecular weight is 286 g/mol. The molecule has 1 N–H and O–H groups in total. The number of rotatable bonds is 7. The first kappa shape index (κ1) is 15.5. The average Bonchev–Trinajstić information content (AvgIpc) is 2.37. The summed E-state index contributed by atoms with van der Waals surface area (Å²) in [6.45, 7) is 3.42. The number of hydrogen-bond acceptors (Lipinski definition) is 3. The summed E-state index contributed by atoms with van der Waals surface area (Å²) in [5.41, 5.74) is 0.344. The van der Waals surface area contributed by atoms with Gasteiger partial charge in [-0.15, -0.1) is 0 Å². The van der Waals surface area contributed by atoms with Gasteiger partial charge in [0.1, 0.15) is 6.54 Å². The topological polar surface area (TPSA) is 77.9 Å². The molecule has 7 heteroatoms. The van der Waals surface area contributed by atoms with Crippen molar-refractivity contribution in [1.29, 1.82) is 0 Å². The van der Waals surface area contributed by atoms with Gasteiger partial charge < -0.3 is 5.11 Å². The molecule has 0 aliphatic carbocycles. The van der Waals surface area contributed by atoms with Gasteiger partial charge >= 0.3 is 16.2 Å². The second kappa shape index (κ2) is 6.53. The molecule has 0 saturated carbocycles. The van der Waals surface area contributed by atoms with Crippen LogP contribution >= 0.6 is 0 Å². The molecule has 0 aliphatic rings. The third kappa shape index (κ3) is 3.68. The van der Waals surface area contributed by atoms with Crippen LogP contribution in [0.25, 0.3) is 0 Å². The van der Waals surface area contributed by atoms with E-state index < -0.39 is 22.7 Å². The van der Waals surface area contributed by atoms with E-state index in [9.17, 15) is 13.2 Å². The molecule has 0 amide bonds. The van der Waals surface area contributed by atoms with Crippen molar-refractivity contribution < 1.29 is 18.3 Å². The number of benzene rings is 1. The SMILES string of the molecule is CCN(CC)S(=O)(=O)N(CC(=O)O)c1ccccc1. The van der Waals surface area contributed by atoms with Gasteiger partial charge in [-0.3, -0.25) is 4.79 Å². The number of anilines is 1. The highest BCUT2D eigenvalue weighted by Crippen LogP contribution is 2.19. The monoisotopic (exact) mass is 286 g/mol. The second-order valence-electron chi connectivity index (χ2n) is 3.83. The van der Waals surface area contributed by atoms with Crippen LogP contribution in [-0.2, 0) is 15.0 Å². The predicted octanol–water partition coefficient (Wildman–Crippen LogP) is 1.16. The molecule has 6 nitrogen and oxygen atoms in total. The van der Waals surface area contributed by atoms with E-state index in [1.54, 1.807) is 44.2 Å². The van der Waals surface area contributed by atoms with Crippen molar-refractivity contribution in [2.45, 2.75) is 13.8 Å². The van der Waals surface area contributed by atoms with Crippen molar-refractivity contribution in [2.75, 3.05) is 23.9 Å². The van der Waals surface area contributed by atoms with E-state index >= 15 is 0 Å². The smallest absolute Gasteiger partial charge is 0.324 e. The standard InChI is InChI=1S/C12H18N2O4S/c1-3-13(4-2)19(17,18)14(10-12(15)16)11-8-6-5-7-9-11/h5-9H,3-4,10H2,1-2H3,(H,15,16). The summed E-state index contributed by atoms with van der Waals surface area (Å²) in [5.74, 6) is -1.19. The van der Waals surface area contributed by atoms with Crippen molar-refractivity contribution in [3.8, 4) is 0 Å². The maximum atomic E-state index is 12.4. The summed E-state index contributed by atoms with van der Waals surface area (Å²) in [6.07, 6.45) is 0. The summed E-state index contributed by atoms with van der Waals surface area (Å²) in [6, 6.07) is 8.23. The molecule has 0 atom stereocenters. The number of carboxylic acids is 1. The first-order chi connectivity index (χ1) is 8.93. The molecular weight excluding hydrogens is 268 g/mol. The first-order valence-electron chi connectivity index (χ1n) is 5.98. The molecule has 1 aromatic rings. The normalized spacial score (nSPS) is 11.5. The Kier molecular flexibility index (Phi) is 5.31. The minimum atomic E-state index is -3.83. The van der Waals surface area contributed by atoms with Gasteiger partial charge in [-0.1, -0.05) is 32.0 Å². The van der Waals surface area contributed by atoms with Crippen LogP contribution in [0, 0.1) is 0 Å². The summed E-state index contributed by atoms with van der Waals surface area (Å²) in [4.78, 5) is 10.9. The van der Waals surface area contributed by atoms with Crippen LogP contribution in [0.4, 0.5) is 5.69 Å². The van der Waals surface area contributed by atoms with E-state index in [-0.39, 0.29) is 0 Å². The van der Waals surface area contributed by atoms with E-state index in [1.807, 2.05) is 0 Å². The molecule has 0 aliphatic heterocycles. The highest BCUT2D eigenvalue weighted by Gasteiger charge is 2.29. The molecule has 0 bridgehead atoms. The maximum Gasteiger partial charge on any atom is 0.324 e. The molecule has 0 heterocycles. The number of nitrogens with zero attached hydrogens (tertiary/aromatic N) is 2. The summed E-state index contributed by atoms with van der Waals surface area (Å²) >= 11 is 0. The zero-order valence-corrected chi connectivity index (χ0v) is 11.8. The van der Waals surface area contributed by atoms with Crippen molar-refractivity contribution in [1.82, 2.24) is 4.31 Å². The predicted molar refractivity (Wildman–Crippen MR) is 73.3 cm³/mol. The van der Waals surface area contributed by atoms with E-state index in [4.69, 9.17) is 5.11 Å². The Morgan fingerprint density at radius 1 is 1.16 bits per heavy atom. The minimum absolute atomic E-state index is 0.293. The number of hydrogen-bond donors (Lipinski definition) is 1. The van der Waals surface area contributed by atoms with Crippen LogP contribution in [0.2, 0.25) is 0 Å². The fourth-order valence-corrected chi connectivity index (χ4v) is 3.31. The van der Waals surface area contributed by atoms with E-state index in [1.165, 1.54) is 4.31 Å². The van der Waals surface area contributed by atoms with Crippen LogP contribution in [0.5, 0.6) is 0 Å². The summed E-state index contributed by atoms with van der Waals surface area (Å²) in [5, 5.41) is 8.91. The van der Waals surface area contributed by atoms with E-state index in [2.05, 4.69) is 0 Å². The first-order valence-corrected chi connectivity index (χ1v) is 7.37. The third-order valence-electron chi connectivity index (χ3n) is 2.63. The number of carbonyl (C=O) groups is 1. The number of carboxylic acid groups (broad SMARTS) is 1. The van der Waals surface area contributed by atoms with Crippen LogP contribution in [0.3, 0.4) is 0 Å². The van der Waals surface area contributed by atoms with Gasteiger partial charge in [0.2, 0.25) is 0 Å². The Labute approximate surface area is 113 Å². The van der Waals surface area contributed by atoms with E-state index in [0.29, 0.717) is 18.8 Å². The molecule has 106 valence electrons. The molecule has 0 radical (unpaired) electrons. The zero-order chi connectivity index (χ0) is 14.5. The molecule has 0 aromatic heterocycles. The van der Waals surface area contributed by atoms with Gasteiger partial charge in [-0.05, 0) is 12.1 Å². The maximum absolute atomic E-state index is 12.4. The van der Waals surface area contributed by atoms with Gasteiger partial charge in [0, 0.05) is 13.1 Å². The van der Waals surface area contributed by atoms with Gasteiger partial charge in [-0.25, -0.2) is 4.31 Å². The molecule has 19 heavy (non-hydrogen) atoms. The Bertz CT molecular complexity index is 512. The second-order valence-corrected chi connectivity index (χ2v) is 5.68. The zero-order valence-electron chi connectivity index (χ0n) is 11.0. The Morgan fingerprint density at radius 3 is 2.11 bits per heavy atom. The van der Waals surface area contributed by atoms with Gasteiger partial charge in [0.25, 0.3) is 0 Å². The molecular formula is C12H18N2O4S. The van der Waals surface area contributed by atoms with Crippen molar-refractivity contribution in [3.05, 3.63) is 30.3 Å². The van der Waals surface area contributed by atoms with Gasteiger partial charge in [-0.2, -0.15) is 12.7 Å². The Morgan fingerprint density at radius 2 is 1.68 bits per heavy atom. The molecule has 1 rings (SSSR count). The quantitative estimate of drug-likeness (QED) is 0.816. The lowest BCUT2D eigenvalue weighted by molar-refractivity contribution is -0.135. The fourth-order valence-electron chi connectivity index (χ4n) is 1.71. The lowest BCUT2D eigenvalue weighted by Crippen LogP contribution is -2.46. The minimum Gasteiger partial charge on any atom is -0.480 e. The highest BCUT2D eigenvalue weighted by atomic mass is 32.2. The molecule has 0 unspecified atom stereocenters. The van der Waals surface area contributed by atoms with Crippen LogP contribution in [-0.4, -0.2) is 43.4 Å². The third-order valence-corrected chi connectivity index (χ3v) is 4.70. The molecule has 1 aromatic carbocycles. The fraction of sp³-hybridized carbons (Fsp3) is 0.417. The molecule has 0 saturated heterocycles. The van der Waals surface area contributed by atoms with Crippen molar-refractivity contribution >= 4 is 21.9 Å². The van der Waals surface area contributed by atoms with E-state index in [0.717, 1.165) is 4.31 Å². The number of aliphatic carboxylic acids is 1. The highest BCUT2D eigenvalue weighted by molar-refractivity contribution is 7.90. The largest absolute Gasteiger partial charge is 0.480 e. The van der Waals surface area contributed by atoms with Gasteiger partial charge in [0.05, 0.1) is 5.69 Å². The lowest BCUT2D eigenvalue weighted by atomic mass is 10.3. The van der Waals surface area contributed by atoms with Crippen LogP contribution in [0.1, 0.15) is 13.8 Å². The van der Waals surface area contributed by atoms with Crippen LogP contribution < -0.4 is 4.31 Å². The lowest BCUT2D eigenvalue weighted by Gasteiger charge is -2.28. The van der Waals surface area contributed by atoms with Crippen LogP contribution in [0.15, 0.2) is 30.3 Å². The molecule has 0 fully saturated rings. The number of para-hydroxylation sites is 1. The van der Waals surface area contributed by atoms with Gasteiger partial charge in [0.15, 0.2) is 0 Å². The van der Waals surface area contributed by atoms with Crippen molar-refractivity contribution in [3.63, 3.8) is 0 Å². The Balaban J connectivity index is 3.21. The summed E-state index contributed by atoms with van der Waals surface area (Å²) < 4.78 is 27.0.